The predicted octanol–water partition coefficient (Wildman–Crippen LogP) is 0.884. The highest BCUT2D eigenvalue weighted by atomic mass is 127. The zero-order chi connectivity index (χ0) is 12.8. The van der Waals surface area contributed by atoms with Crippen LogP contribution in [0.4, 0.5) is 0 Å². The molecule has 2 atom stereocenters. The van der Waals surface area contributed by atoms with Crippen molar-refractivity contribution in [2.24, 2.45) is 16.6 Å². The van der Waals surface area contributed by atoms with E-state index in [1.165, 1.54) is 12.8 Å². The maximum absolute atomic E-state index is 5.84. The molecule has 0 aromatic carbocycles. The molecule has 0 aliphatic heterocycles. The van der Waals surface area contributed by atoms with E-state index in [1.54, 1.807) is 7.11 Å². The van der Waals surface area contributed by atoms with E-state index in [2.05, 4.69) is 29.3 Å². The van der Waals surface area contributed by atoms with Gasteiger partial charge in [-0.2, -0.15) is 0 Å². The first-order valence-corrected chi connectivity index (χ1v) is 6.26. The molecule has 0 amide bonds. The largest absolute Gasteiger partial charge is 0.383 e. The van der Waals surface area contributed by atoms with Crippen LogP contribution in [0.15, 0.2) is 4.99 Å². The van der Waals surface area contributed by atoms with E-state index >= 15 is 0 Å². The summed E-state index contributed by atoms with van der Waals surface area (Å²) >= 11 is 0. The summed E-state index contributed by atoms with van der Waals surface area (Å²) in [5.74, 6) is 1.32. The molecule has 1 aliphatic rings. The molecule has 0 heterocycles. The average Bonchev–Trinajstić information content (AvgIpc) is 3.01. The van der Waals surface area contributed by atoms with E-state index in [1.807, 2.05) is 6.92 Å². The van der Waals surface area contributed by atoms with E-state index in [-0.39, 0.29) is 30.0 Å². The Morgan fingerprint density at radius 2 is 2.11 bits per heavy atom. The Bertz CT molecular complexity index is 254. The number of guanidine groups is 1. The fourth-order valence-corrected chi connectivity index (χ4v) is 2.00. The molecule has 0 spiro atoms. The van der Waals surface area contributed by atoms with Gasteiger partial charge in [0.15, 0.2) is 5.96 Å². The molecule has 1 saturated carbocycles. The van der Waals surface area contributed by atoms with Crippen molar-refractivity contribution in [2.75, 3.05) is 34.4 Å². The quantitative estimate of drug-likeness (QED) is 0.397. The predicted molar refractivity (Wildman–Crippen MR) is 86.6 cm³/mol. The average molecular weight is 370 g/mol. The minimum absolute atomic E-state index is 0. The van der Waals surface area contributed by atoms with Gasteiger partial charge in [0.2, 0.25) is 0 Å². The third-order valence-electron chi connectivity index (χ3n) is 3.09. The molecule has 108 valence electrons. The number of aliphatic imine (C=N–C) groups is 1. The lowest BCUT2D eigenvalue weighted by atomic mass is 10.2. The third kappa shape index (κ3) is 6.75. The lowest BCUT2D eigenvalue weighted by Gasteiger charge is -2.22. The van der Waals surface area contributed by atoms with Gasteiger partial charge in [0.1, 0.15) is 0 Å². The normalized spacial score (nSPS) is 19.3. The van der Waals surface area contributed by atoms with Gasteiger partial charge in [-0.05, 0) is 39.8 Å². The van der Waals surface area contributed by atoms with Crippen LogP contribution in [0.1, 0.15) is 19.8 Å². The Morgan fingerprint density at radius 3 is 2.56 bits per heavy atom. The van der Waals surface area contributed by atoms with Crippen molar-refractivity contribution >= 4 is 29.9 Å². The van der Waals surface area contributed by atoms with Crippen molar-refractivity contribution in [1.29, 1.82) is 0 Å². The number of nitrogens with two attached hydrogens (primary N) is 1. The first-order chi connectivity index (χ1) is 8.04. The van der Waals surface area contributed by atoms with E-state index in [9.17, 15) is 0 Å². The lowest BCUT2D eigenvalue weighted by molar-refractivity contribution is 0.179. The minimum atomic E-state index is 0. The second-order valence-corrected chi connectivity index (χ2v) is 5.10. The van der Waals surface area contributed by atoms with Crippen molar-refractivity contribution in [1.82, 2.24) is 10.2 Å². The van der Waals surface area contributed by atoms with Gasteiger partial charge in [0.05, 0.1) is 13.2 Å². The summed E-state index contributed by atoms with van der Waals surface area (Å²) in [6.07, 6.45) is 2.65. The summed E-state index contributed by atoms with van der Waals surface area (Å²) < 4.78 is 5.04. The fourth-order valence-electron chi connectivity index (χ4n) is 2.00. The number of hydrogen-bond donors (Lipinski definition) is 2. The molecule has 6 heteroatoms. The maximum Gasteiger partial charge on any atom is 0.188 e. The third-order valence-corrected chi connectivity index (χ3v) is 3.09. The van der Waals surface area contributed by atoms with Crippen LogP contribution >= 0.6 is 24.0 Å². The second kappa shape index (κ2) is 8.92. The molecule has 1 aliphatic carbocycles. The van der Waals surface area contributed by atoms with Crippen molar-refractivity contribution in [3.63, 3.8) is 0 Å². The molecular weight excluding hydrogens is 343 g/mol. The molecule has 1 rings (SSSR count). The van der Waals surface area contributed by atoms with Crippen LogP contribution in [0.5, 0.6) is 0 Å². The Balaban J connectivity index is 0.00000289. The minimum Gasteiger partial charge on any atom is -0.383 e. The summed E-state index contributed by atoms with van der Waals surface area (Å²) in [5, 5.41) is 3.12. The van der Waals surface area contributed by atoms with Crippen molar-refractivity contribution in [3.8, 4) is 0 Å². The van der Waals surface area contributed by atoms with Crippen LogP contribution in [0.3, 0.4) is 0 Å². The van der Waals surface area contributed by atoms with Gasteiger partial charge in [-0.1, -0.05) is 0 Å². The van der Waals surface area contributed by atoms with Crippen LogP contribution in [0, 0.1) is 5.92 Å². The van der Waals surface area contributed by atoms with Crippen LogP contribution in [-0.2, 0) is 4.74 Å². The summed E-state index contributed by atoms with van der Waals surface area (Å²) in [6.45, 7) is 3.43. The van der Waals surface area contributed by atoms with Gasteiger partial charge in [-0.3, -0.25) is 4.99 Å². The van der Waals surface area contributed by atoms with Gasteiger partial charge in [0, 0.05) is 19.2 Å². The molecule has 0 aromatic heterocycles. The van der Waals surface area contributed by atoms with Crippen LogP contribution in [-0.4, -0.2) is 57.3 Å². The number of halogens is 1. The van der Waals surface area contributed by atoms with Crippen molar-refractivity contribution in [2.45, 2.75) is 31.8 Å². The summed E-state index contributed by atoms with van der Waals surface area (Å²) in [7, 11) is 5.89. The molecule has 1 fully saturated rings. The number of rotatable bonds is 7. The molecule has 3 N–H and O–H groups in total. The molecule has 0 saturated heterocycles. The van der Waals surface area contributed by atoms with E-state index in [4.69, 9.17) is 10.5 Å². The van der Waals surface area contributed by atoms with Gasteiger partial charge < -0.3 is 20.7 Å². The standard InChI is InChI=1S/C12H26N4O.HI/c1-9(8-17-4)15-12(13)14-7-11(16(2)3)10-5-6-10;/h9-11H,5-8H2,1-4H3,(H3,13,14,15);1H. The monoisotopic (exact) mass is 370 g/mol. The first kappa shape index (κ1) is 17.9. The molecule has 5 nitrogen and oxygen atoms in total. The van der Waals surface area contributed by atoms with Crippen LogP contribution < -0.4 is 11.1 Å². The van der Waals surface area contributed by atoms with E-state index < -0.39 is 0 Å². The number of nitrogens with zero attached hydrogens (tertiary/aromatic N) is 2. The molecule has 0 bridgehead atoms. The maximum atomic E-state index is 5.84. The Hall–Kier alpha value is -0.0800. The molecule has 2 unspecified atom stereocenters. The number of nitrogens with one attached hydrogen (secondary N) is 1. The summed E-state index contributed by atoms with van der Waals surface area (Å²) in [4.78, 5) is 6.66. The van der Waals surface area contributed by atoms with E-state index in [0.29, 0.717) is 18.6 Å². The highest BCUT2D eigenvalue weighted by molar-refractivity contribution is 14.0. The number of likely N-dealkylation sites (N-methyl/N-ethyl adjacent to an activating group) is 1. The summed E-state index contributed by atoms with van der Waals surface area (Å²) in [6, 6.07) is 0.718. The van der Waals surface area contributed by atoms with Gasteiger partial charge in [-0.15, -0.1) is 24.0 Å². The highest BCUT2D eigenvalue weighted by Gasteiger charge is 2.32. The topological polar surface area (TPSA) is 62.9 Å². The van der Waals surface area contributed by atoms with Crippen molar-refractivity contribution < 1.29 is 4.74 Å². The van der Waals surface area contributed by atoms with Gasteiger partial charge in [-0.25, -0.2) is 0 Å². The highest BCUT2D eigenvalue weighted by Crippen LogP contribution is 2.34. The van der Waals surface area contributed by atoms with Crippen LogP contribution in [0.2, 0.25) is 0 Å². The van der Waals surface area contributed by atoms with Crippen LogP contribution in [0.25, 0.3) is 0 Å². The second-order valence-electron chi connectivity index (χ2n) is 5.10. The lowest BCUT2D eigenvalue weighted by Crippen LogP contribution is -2.42. The smallest absolute Gasteiger partial charge is 0.188 e. The Kier molecular flexibility index (Phi) is 8.89. The number of methoxy groups -OCH3 is 1. The molecule has 0 radical (unpaired) electrons. The number of hydrogen-bond acceptors (Lipinski definition) is 3. The SMILES string of the molecule is COCC(C)NC(N)=NCC(C1CC1)N(C)C.I. The van der Waals surface area contributed by atoms with E-state index in [0.717, 1.165) is 12.5 Å². The van der Waals surface area contributed by atoms with Crippen molar-refractivity contribution in [3.05, 3.63) is 0 Å². The zero-order valence-corrected chi connectivity index (χ0v) is 14.2. The fraction of sp³-hybridized carbons (Fsp3) is 0.917. The van der Waals surface area contributed by atoms with Gasteiger partial charge in [0.25, 0.3) is 0 Å². The molecule has 18 heavy (non-hydrogen) atoms. The van der Waals surface area contributed by atoms with Gasteiger partial charge >= 0.3 is 0 Å². The Morgan fingerprint density at radius 1 is 1.50 bits per heavy atom. The zero-order valence-electron chi connectivity index (χ0n) is 11.8. The molecular formula is C12H27IN4O. The number of ether oxygens (including phenoxy) is 1. The first-order valence-electron chi connectivity index (χ1n) is 6.26. The molecule has 0 aromatic rings. The Labute approximate surface area is 128 Å². The summed E-state index contributed by atoms with van der Waals surface area (Å²) in [5.41, 5.74) is 5.84.